The lowest BCUT2D eigenvalue weighted by molar-refractivity contribution is -0.105. The highest BCUT2D eigenvalue weighted by Crippen LogP contribution is 2.27. The number of benzene rings is 2. The standard InChI is InChI=1S/C18H16O2/c19-12-15-6-7-17-11-18(9-8-16(17)10-15)20-13-14-4-2-1-3-5-14/h1-5,8-12H,6-7,13H2. The Bertz CT molecular complexity index is 642. The van der Waals surface area contributed by atoms with Crippen molar-refractivity contribution in [2.24, 2.45) is 0 Å². The molecular weight excluding hydrogens is 248 g/mol. The first kappa shape index (κ1) is 12.7. The monoisotopic (exact) mass is 264 g/mol. The van der Waals surface area contributed by atoms with Crippen LogP contribution in [0.4, 0.5) is 0 Å². The maximum Gasteiger partial charge on any atom is 0.146 e. The maximum atomic E-state index is 10.8. The van der Waals surface area contributed by atoms with Gasteiger partial charge < -0.3 is 4.74 Å². The van der Waals surface area contributed by atoms with Crippen molar-refractivity contribution in [3.05, 3.63) is 70.8 Å². The highest BCUT2D eigenvalue weighted by Gasteiger charge is 2.10. The molecule has 0 heterocycles. The average molecular weight is 264 g/mol. The molecule has 0 radical (unpaired) electrons. The van der Waals surface area contributed by atoms with Gasteiger partial charge in [-0.05, 0) is 53.3 Å². The fraction of sp³-hybridized carbons (Fsp3) is 0.167. The third kappa shape index (κ3) is 2.80. The van der Waals surface area contributed by atoms with Gasteiger partial charge in [-0.1, -0.05) is 36.4 Å². The van der Waals surface area contributed by atoms with Gasteiger partial charge in [-0.25, -0.2) is 0 Å². The Hall–Kier alpha value is -2.35. The zero-order valence-corrected chi connectivity index (χ0v) is 11.2. The fourth-order valence-electron chi connectivity index (χ4n) is 2.41. The lowest BCUT2D eigenvalue weighted by Crippen LogP contribution is -2.01. The van der Waals surface area contributed by atoms with E-state index in [-0.39, 0.29) is 0 Å². The molecule has 20 heavy (non-hydrogen) atoms. The predicted octanol–water partition coefficient (Wildman–Crippen LogP) is 3.79. The molecule has 0 aromatic heterocycles. The van der Waals surface area contributed by atoms with Crippen molar-refractivity contribution in [1.29, 1.82) is 0 Å². The largest absolute Gasteiger partial charge is 0.489 e. The second-order valence-corrected chi connectivity index (χ2v) is 4.97. The van der Waals surface area contributed by atoms with Crippen LogP contribution in [0.5, 0.6) is 5.75 Å². The molecule has 0 amide bonds. The van der Waals surface area contributed by atoms with Crippen LogP contribution in [0.2, 0.25) is 0 Å². The summed E-state index contributed by atoms with van der Waals surface area (Å²) in [5.74, 6) is 0.885. The molecule has 0 spiro atoms. The van der Waals surface area contributed by atoms with E-state index in [0.29, 0.717) is 6.61 Å². The molecule has 1 aliphatic carbocycles. The van der Waals surface area contributed by atoms with Gasteiger partial charge in [-0.2, -0.15) is 0 Å². The summed E-state index contributed by atoms with van der Waals surface area (Å²) in [6, 6.07) is 16.2. The number of carbonyl (C=O) groups is 1. The number of rotatable bonds is 4. The summed E-state index contributed by atoms with van der Waals surface area (Å²) in [4.78, 5) is 10.8. The van der Waals surface area contributed by atoms with Crippen LogP contribution in [0.3, 0.4) is 0 Å². The van der Waals surface area contributed by atoms with Gasteiger partial charge in [0.1, 0.15) is 18.6 Å². The molecule has 1 aliphatic rings. The smallest absolute Gasteiger partial charge is 0.146 e. The molecule has 0 bridgehead atoms. The molecule has 2 aromatic rings. The van der Waals surface area contributed by atoms with Gasteiger partial charge in [-0.15, -0.1) is 0 Å². The van der Waals surface area contributed by atoms with E-state index in [9.17, 15) is 4.79 Å². The fourth-order valence-corrected chi connectivity index (χ4v) is 2.41. The Labute approximate surface area is 118 Å². The number of fused-ring (bicyclic) bond motifs is 1. The summed E-state index contributed by atoms with van der Waals surface area (Å²) in [5, 5.41) is 0. The summed E-state index contributed by atoms with van der Waals surface area (Å²) in [5.41, 5.74) is 4.41. The molecule has 0 unspecified atom stereocenters. The van der Waals surface area contributed by atoms with Gasteiger partial charge in [0.05, 0.1) is 0 Å². The molecule has 0 aliphatic heterocycles. The van der Waals surface area contributed by atoms with Crippen molar-refractivity contribution in [3.63, 3.8) is 0 Å². The van der Waals surface area contributed by atoms with Gasteiger partial charge in [0.2, 0.25) is 0 Å². The summed E-state index contributed by atoms with van der Waals surface area (Å²) in [6.45, 7) is 0.578. The summed E-state index contributed by atoms with van der Waals surface area (Å²) < 4.78 is 5.82. The molecule has 100 valence electrons. The van der Waals surface area contributed by atoms with Crippen molar-refractivity contribution < 1.29 is 9.53 Å². The number of allylic oxidation sites excluding steroid dienone is 1. The highest BCUT2D eigenvalue weighted by molar-refractivity contribution is 5.83. The topological polar surface area (TPSA) is 26.3 Å². The first-order chi connectivity index (χ1) is 9.85. The summed E-state index contributed by atoms with van der Waals surface area (Å²) >= 11 is 0. The molecule has 0 fully saturated rings. The molecular formula is C18H16O2. The van der Waals surface area contributed by atoms with Crippen molar-refractivity contribution in [1.82, 2.24) is 0 Å². The van der Waals surface area contributed by atoms with E-state index in [0.717, 1.165) is 41.6 Å². The molecule has 0 atom stereocenters. The second-order valence-electron chi connectivity index (χ2n) is 4.97. The minimum Gasteiger partial charge on any atom is -0.489 e. The van der Waals surface area contributed by atoms with E-state index in [4.69, 9.17) is 4.74 Å². The minimum absolute atomic E-state index is 0.578. The lowest BCUT2D eigenvalue weighted by Gasteiger charge is -2.15. The number of carbonyl (C=O) groups excluding carboxylic acids is 1. The van der Waals surface area contributed by atoms with Gasteiger partial charge >= 0.3 is 0 Å². The number of hydrogen-bond acceptors (Lipinski definition) is 2. The van der Waals surface area contributed by atoms with Crippen LogP contribution in [0.25, 0.3) is 6.08 Å². The van der Waals surface area contributed by atoms with Crippen LogP contribution in [0, 0.1) is 0 Å². The van der Waals surface area contributed by atoms with Crippen molar-refractivity contribution in [3.8, 4) is 5.75 Å². The Kier molecular flexibility index (Phi) is 3.64. The lowest BCUT2D eigenvalue weighted by atomic mass is 9.93. The molecule has 2 nitrogen and oxygen atoms in total. The van der Waals surface area contributed by atoms with Crippen molar-refractivity contribution in [2.45, 2.75) is 19.4 Å². The Morgan fingerprint density at radius 3 is 2.70 bits per heavy atom. The Balaban J connectivity index is 1.73. The molecule has 0 saturated heterocycles. The third-order valence-electron chi connectivity index (χ3n) is 3.54. The van der Waals surface area contributed by atoms with Crippen molar-refractivity contribution >= 4 is 12.4 Å². The zero-order valence-electron chi connectivity index (χ0n) is 11.2. The molecule has 0 N–H and O–H groups in total. The SMILES string of the molecule is O=CC1=Cc2ccc(OCc3ccccc3)cc2CC1. The van der Waals surface area contributed by atoms with Gasteiger partial charge in [-0.3, -0.25) is 4.79 Å². The molecule has 0 saturated carbocycles. The van der Waals surface area contributed by atoms with E-state index in [2.05, 4.69) is 18.2 Å². The first-order valence-electron chi connectivity index (χ1n) is 6.80. The summed E-state index contributed by atoms with van der Waals surface area (Å²) in [6.07, 6.45) is 4.64. The third-order valence-corrected chi connectivity index (χ3v) is 3.54. The first-order valence-corrected chi connectivity index (χ1v) is 6.80. The average Bonchev–Trinajstić information content (AvgIpc) is 2.53. The zero-order chi connectivity index (χ0) is 13.8. The van der Waals surface area contributed by atoms with Gasteiger partial charge in [0.25, 0.3) is 0 Å². The van der Waals surface area contributed by atoms with E-state index >= 15 is 0 Å². The number of ether oxygens (including phenoxy) is 1. The Morgan fingerprint density at radius 2 is 1.90 bits per heavy atom. The molecule has 2 heteroatoms. The summed E-state index contributed by atoms with van der Waals surface area (Å²) in [7, 11) is 0. The molecule has 2 aromatic carbocycles. The minimum atomic E-state index is 0.578. The van der Waals surface area contributed by atoms with Crippen LogP contribution in [0.1, 0.15) is 23.1 Å². The Morgan fingerprint density at radius 1 is 1.05 bits per heavy atom. The van der Waals surface area contributed by atoms with Crippen LogP contribution in [-0.4, -0.2) is 6.29 Å². The number of aryl methyl sites for hydroxylation is 1. The van der Waals surface area contributed by atoms with E-state index in [1.165, 1.54) is 5.56 Å². The van der Waals surface area contributed by atoms with Crippen LogP contribution < -0.4 is 4.74 Å². The van der Waals surface area contributed by atoms with E-state index in [1.807, 2.05) is 36.4 Å². The van der Waals surface area contributed by atoms with Crippen LogP contribution in [0.15, 0.2) is 54.1 Å². The number of aldehydes is 1. The second kappa shape index (κ2) is 5.74. The predicted molar refractivity (Wildman–Crippen MR) is 79.6 cm³/mol. The normalized spacial score (nSPS) is 13.3. The van der Waals surface area contributed by atoms with Crippen LogP contribution >= 0.6 is 0 Å². The molecule has 3 rings (SSSR count). The van der Waals surface area contributed by atoms with Gasteiger partial charge in [0, 0.05) is 0 Å². The van der Waals surface area contributed by atoms with Crippen molar-refractivity contribution in [2.75, 3.05) is 0 Å². The van der Waals surface area contributed by atoms with E-state index < -0.39 is 0 Å². The number of hydrogen-bond donors (Lipinski definition) is 0. The van der Waals surface area contributed by atoms with E-state index in [1.54, 1.807) is 0 Å². The van der Waals surface area contributed by atoms with Crippen LogP contribution in [-0.2, 0) is 17.8 Å². The van der Waals surface area contributed by atoms with Gasteiger partial charge in [0.15, 0.2) is 0 Å². The quantitative estimate of drug-likeness (QED) is 0.785. The maximum absolute atomic E-state index is 10.8. The highest BCUT2D eigenvalue weighted by atomic mass is 16.5.